The van der Waals surface area contributed by atoms with Gasteiger partial charge >= 0.3 is 0 Å². The Labute approximate surface area is 311 Å². The van der Waals surface area contributed by atoms with E-state index in [9.17, 15) is 13.7 Å². The molecule has 262 valence electrons. The van der Waals surface area contributed by atoms with Gasteiger partial charge in [0.05, 0.1) is 71.0 Å². The van der Waals surface area contributed by atoms with Gasteiger partial charge in [-0.05, 0) is 69.3 Å². The van der Waals surface area contributed by atoms with E-state index in [1.54, 1.807) is 40.9 Å². The molecule has 0 radical (unpaired) electrons. The average Bonchev–Trinajstić information content (AvgIpc) is 3.95. The number of nitrogens with zero attached hydrogens (tertiary/aromatic N) is 5. The zero-order valence-electron chi connectivity index (χ0n) is 28.4. The van der Waals surface area contributed by atoms with E-state index in [-0.39, 0.29) is 0 Å². The van der Waals surface area contributed by atoms with Gasteiger partial charge in [-0.3, -0.25) is 9.58 Å². The van der Waals surface area contributed by atoms with Crippen molar-refractivity contribution in [1.82, 2.24) is 19.9 Å². The van der Waals surface area contributed by atoms with Crippen LogP contribution in [0.4, 0.5) is 0 Å². The fourth-order valence-electron chi connectivity index (χ4n) is 6.96. The first-order valence-corrected chi connectivity index (χ1v) is 22.4. The molecule has 1 fully saturated rings. The van der Waals surface area contributed by atoms with Crippen LogP contribution in [0.15, 0.2) is 16.0 Å². The number of hydrogen-bond donors (Lipinski definition) is 0. The first kappa shape index (κ1) is 34.6. The summed E-state index contributed by atoms with van der Waals surface area (Å²) in [4.78, 5) is 8.60. The molecule has 0 aliphatic carbocycles. The molecule has 0 aromatic carbocycles. The van der Waals surface area contributed by atoms with Gasteiger partial charge in [-0.1, -0.05) is 18.1 Å². The van der Waals surface area contributed by atoms with Crippen LogP contribution in [0.25, 0.3) is 38.3 Å². The largest absolute Gasteiger partial charge is 0.379 e. The molecule has 0 unspecified atom stereocenters. The summed E-state index contributed by atoms with van der Waals surface area (Å²) >= 11 is 8.22. The summed E-state index contributed by atoms with van der Waals surface area (Å²) in [7, 11) is -3.66. The van der Waals surface area contributed by atoms with Crippen LogP contribution in [-0.4, -0.2) is 61.2 Å². The number of morpholine rings is 1. The van der Waals surface area contributed by atoms with Crippen molar-refractivity contribution in [3.63, 3.8) is 0 Å². The summed E-state index contributed by atoms with van der Waals surface area (Å²) in [6.07, 6.45) is 6.77. The van der Waals surface area contributed by atoms with Gasteiger partial charge in [0.1, 0.15) is 16.6 Å². The highest BCUT2D eigenvalue weighted by atomic mass is 32.2. The van der Waals surface area contributed by atoms with Gasteiger partial charge < -0.3 is 9.47 Å². The maximum atomic E-state index is 13.7. The number of fused-ring (bicyclic) bond motifs is 6. The maximum Gasteiger partial charge on any atom is 0.210 e. The summed E-state index contributed by atoms with van der Waals surface area (Å²) in [5, 5.41) is 18.2. The molecule has 2 aliphatic heterocycles. The molecule has 8 heterocycles. The van der Waals surface area contributed by atoms with Crippen molar-refractivity contribution in [1.29, 1.82) is 5.26 Å². The van der Waals surface area contributed by atoms with Crippen LogP contribution < -0.4 is 0 Å². The van der Waals surface area contributed by atoms with E-state index in [0.29, 0.717) is 33.4 Å². The second-order valence-electron chi connectivity index (χ2n) is 13.0. The van der Waals surface area contributed by atoms with E-state index < -0.39 is 9.84 Å². The summed E-state index contributed by atoms with van der Waals surface area (Å²) in [6, 6.07) is 2.18. The Hall–Kier alpha value is -2.52. The lowest BCUT2D eigenvalue weighted by molar-refractivity contribution is 0.0371. The van der Waals surface area contributed by atoms with E-state index in [0.717, 1.165) is 70.0 Å². The molecular formula is C35H37N5O4S6. The third kappa shape index (κ3) is 5.90. The molecule has 0 bridgehead atoms. The number of aromatic nitrogens is 3. The number of unbranched alkanes of at least 4 members (excludes halogenated alkanes) is 3. The predicted molar refractivity (Wildman–Crippen MR) is 205 cm³/mol. The third-order valence-corrected chi connectivity index (χ3v) is 19.3. The molecule has 8 rings (SSSR count). The van der Waals surface area contributed by atoms with Crippen molar-refractivity contribution in [2.45, 2.75) is 82.9 Å². The summed E-state index contributed by atoms with van der Waals surface area (Å²) < 4.78 is 46.0. The van der Waals surface area contributed by atoms with Crippen molar-refractivity contribution >= 4 is 85.3 Å². The fraction of sp³-hybridized carbons (Fsp3) is 0.457. The minimum Gasteiger partial charge on any atom is -0.379 e. The normalized spacial score (nSPS) is 15.7. The molecular weight excluding hydrogens is 747 g/mol. The number of ether oxygens (including phenoxy) is 2. The van der Waals surface area contributed by atoms with E-state index in [4.69, 9.17) is 9.47 Å². The van der Waals surface area contributed by atoms with Gasteiger partial charge in [-0.2, -0.15) is 5.26 Å². The van der Waals surface area contributed by atoms with Crippen molar-refractivity contribution in [3.8, 4) is 25.6 Å². The van der Waals surface area contributed by atoms with E-state index in [1.165, 1.54) is 71.9 Å². The molecule has 1 saturated heterocycles. The fourth-order valence-corrected chi connectivity index (χ4v) is 17.0. The van der Waals surface area contributed by atoms with E-state index in [2.05, 4.69) is 35.1 Å². The monoisotopic (exact) mass is 783 g/mol. The Morgan fingerprint density at radius 1 is 0.780 bits per heavy atom. The Kier molecular flexibility index (Phi) is 9.54. The van der Waals surface area contributed by atoms with Crippen molar-refractivity contribution in [3.05, 3.63) is 43.9 Å². The minimum absolute atomic E-state index is 0.329. The lowest BCUT2D eigenvalue weighted by Crippen LogP contribution is -2.36. The van der Waals surface area contributed by atoms with E-state index in [1.807, 2.05) is 29.1 Å². The highest BCUT2D eigenvalue weighted by Crippen LogP contribution is 2.59. The number of sulfone groups is 1. The molecule has 0 amide bonds. The summed E-state index contributed by atoms with van der Waals surface area (Å²) in [6.45, 7) is 14.9. The van der Waals surface area contributed by atoms with Crippen LogP contribution in [-0.2, 0) is 39.1 Å². The number of rotatable bonds is 12. The summed E-state index contributed by atoms with van der Waals surface area (Å²) in [5.74, 6) is 0. The smallest absolute Gasteiger partial charge is 0.210 e. The third-order valence-electron chi connectivity index (χ3n) is 9.71. The second-order valence-corrected chi connectivity index (χ2v) is 20.0. The van der Waals surface area contributed by atoms with Crippen LogP contribution >= 0.6 is 56.7 Å². The quantitative estimate of drug-likeness (QED) is 0.113. The molecule has 0 atom stereocenters. The molecule has 0 saturated carbocycles. The van der Waals surface area contributed by atoms with Gasteiger partial charge in [0.15, 0.2) is 0 Å². The van der Waals surface area contributed by atoms with Crippen molar-refractivity contribution in [2.24, 2.45) is 0 Å². The van der Waals surface area contributed by atoms with Crippen LogP contribution in [0.2, 0.25) is 0 Å². The molecule has 6 aromatic heterocycles. The predicted octanol–water partition coefficient (Wildman–Crippen LogP) is 9.09. The van der Waals surface area contributed by atoms with Crippen molar-refractivity contribution in [2.75, 3.05) is 32.8 Å². The number of nitriles is 1. The van der Waals surface area contributed by atoms with Crippen molar-refractivity contribution < 1.29 is 17.9 Å². The molecule has 0 N–H and O–H groups in total. The van der Waals surface area contributed by atoms with Crippen LogP contribution in [0.1, 0.15) is 63.4 Å². The number of aryl methyl sites for hydroxylation is 3. The number of hydrogen-bond acceptors (Lipinski definition) is 13. The van der Waals surface area contributed by atoms with Crippen LogP contribution in [0.5, 0.6) is 0 Å². The average molecular weight is 784 g/mol. The minimum atomic E-state index is -3.66. The SMILES string of the molecule is Cc1c(C#N)sc2c1S(=O)(=O)c1c-2sc(-c2sc3c(sc4c(C)c(COCc5cn(CCCCCCN6CCOCC6)nn5)sc43)c2C)c1C. The Balaban J connectivity index is 0.923. The molecule has 0 spiro atoms. The Bertz CT molecular complexity index is 2390. The topological polar surface area (TPSA) is 110 Å². The Morgan fingerprint density at radius 3 is 2.24 bits per heavy atom. The Morgan fingerprint density at radius 2 is 1.46 bits per heavy atom. The molecule has 50 heavy (non-hydrogen) atoms. The molecule has 6 aromatic rings. The molecule has 2 aliphatic rings. The summed E-state index contributed by atoms with van der Waals surface area (Å²) in [5.41, 5.74) is 4.70. The highest BCUT2D eigenvalue weighted by molar-refractivity contribution is 7.92. The highest BCUT2D eigenvalue weighted by Gasteiger charge is 2.42. The lowest BCUT2D eigenvalue weighted by Gasteiger charge is -2.26. The molecule has 15 heteroatoms. The maximum absolute atomic E-state index is 13.7. The van der Waals surface area contributed by atoms with Gasteiger partial charge in [-0.25, -0.2) is 8.42 Å². The molecule has 9 nitrogen and oxygen atoms in total. The second kappa shape index (κ2) is 13.8. The zero-order valence-corrected chi connectivity index (χ0v) is 33.3. The first-order valence-electron chi connectivity index (χ1n) is 16.8. The van der Waals surface area contributed by atoms with Gasteiger partial charge in [0.2, 0.25) is 9.84 Å². The van der Waals surface area contributed by atoms with Gasteiger partial charge in [0, 0.05) is 34.3 Å². The number of thiophene rings is 5. The lowest BCUT2D eigenvalue weighted by atomic mass is 10.2. The van der Waals surface area contributed by atoms with Crippen LogP contribution in [0.3, 0.4) is 0 Å². The van der Waals surface area contributed by atoms with E-state index >= 15 is 0 Å². The standard InChI is InChI=1S/C35H37N5O4S6/c1-19-25(18-44-17-23-16-40(38-37-23)10-8-6-5-7-9-39-11-13-43-14-12-39)46-30-26(19)47-28-21(3)27(48-31(28)30)29-22(4)35-33(49-29)32-34(50(35,41)42)20(2)24(15-36)45-32/h16H,5-14,17-18H2,1-4H3. The van der Waals surface area contributed by atoms with Gasteiger partial charge in [0.25, 0.3) is 0 Å². The first-order chi connectivity index (χ1) is 24.2. The van der Waals surface area contributed by atoms with Gasteiger partial charge in [-0.15, -0.1) is 61.8 Å². The zero-order chi connectivity index (χ0) is 34.7. The van der Waals surface area contributed by atoms with Crippen LogP contribution in [0, 0.1) is 39.0 Å².